The van der Waals surface area contributed by atoms with Gasteiger partial charge in [0.05, 0.1) is 16.1 Å². The topological polar surface area (TPSA) is 98.3 Å². The fourth-order valence-electron chi connectivity index (χ4n) is 1.53. The third kappa shape index (κ3) is 1.86. The van der Waals surface area contributed by atoms with Crippen LogP contribution in [-0.2, 0) is 5.33 Å². The lowest BCUT2D eigenvalue weighted by Crippen LogP contribution is -2.09. The van der Waals surface area contributed by atoms with Gasteiger partial charge in [0.15, 0.2) is 0 Å². The first-order valence-corrected chi connectivity index (χ1v) is 5.62. The molecule has 7 nitrogen and oxygen atoms in total. The van der Waals surface area contributed by atoms with Gasteiger partial charge in [-0.1, -0.05) is 15.9 Å². The number of nitro benzene ring substituents is 1. The van der Waals surface area contributed by atoms with Gasteiger partial charge in [0.1, 0.15) is 0 Å². The van der Waals surface area contributed by atoms with Gasteiger partial charge < -0.3 is 5.11 Å². The predicted molar refractivity (Wildman–Crippen MR) is 62.4 cm³/mol. The summed E-state index contributed by atoms with van der Waals surface area (Å²) in [6.07, 6.45) is -1.28. The molecule has 0 aliphatic rings. The number of hydrogen-bond donors (Lipinski definition) is 1. The molecule has 8 heteroatoms. The van der Waals surface area contributed by atoms with Crippen molar-refractivity contribution in [2.45, 2.75) is 5.33 Å². The Bertz CT molecular complexity index is 622. The van der Waals surface area contributed by atoms with Crippen LogP contribution in [0.25, 0.3) is 10.9 Å². The first-order valence-electron chi connectivity index (χ1n) is 4.50. The maximum atomic E-state index is 10.9. The van der Waals surface area contributed by atoms with Crippen molar-refractivity contribution in [1.82, 2.24) is 9.78 Å². The molecule has 1 heterocycles. The van der Waals surface area contributed by atoms with Crippen LogP contribution in [0.15, 0.2) is 18.2 Å². The molecule has 2 rings (SSSR count). The Kier molecular flexibility index (Phi) is 2.80. The Balaban J connectivity index is 2.78. The summed E-state index contributed by atoms with van der Waals surface area (Å²) in [6, 6.07) is 4.02. The number of benzene rings is 1. The van der Waals surface area contributed by atoms with Crippen LogP contribution in [0.4, 0.5) is 10.5 Å². The minimum absolute atomic E-state index is 0.166. The van der Waals surface area contributed by atoms with E-state index in [0.717, 1.165) is 4.68 Å². The van der Waals surface area contributed by atoms with Crippen molar-refractivity contribution in [3.8, 4) is 0 Å². The largest absolute Gasteiger partial charge is 0.463 e. The monoisotopic (exact) mass is 299 g/mol. The molecule has 0 saturated heterocycles. The number of fused-ring (bicyclic) bond motifs is 1. The molecule has 0 bridgehead atoms. The predicted octanol–water partition coefficient (Wildman–Crippen LogP) is 2.37. The molecule has 0 unspecified atom stereocenters. The molecule has 0 aliphatic carbocycles. The number of carboxylic acid groups (broad SMARTS) is 1. The molecule has 0 aliphatic heterocycles. The van der Waals surface area contributed by atoms with Crippen molar-refractivity contribution in [1.29, 1.82) is 0 Å². The summed E-state index contributed by atoms with van der Waals surface area (Å²) < 4.78 is 0.735. The van der Waals surface area contributed by atoms with Gasteiger partial charge >= 0.3 is 6.09 Å². The number of hydrogen-bond acceptors (Lipinski definition) is 4. The Morgan fingerprint density at radius 3 is 2.82 bits per heavy atom. The molecule has 0 spiro atoms. The highest BCUT2D eigenvalue weighted by molar-refractivity contribution is 9.08. The van der Waals surface area contributed by atoms with Crippen LogP contribution >= 0.6 is 15.9 Å². The molecule has 0 radical (unpaired) electrons. The summed E-state index contributed by atoms with van der Waals surface area (Å²) >= 11 is 3.19. The number of nitro groups is 1. The molecule has 88 valence electrons. The van der Waals surface area contributed by atoms with E-state index < -0.39 is 11.0 Å². The van der Waals surface area contributed by atoms with Crippen molar-refractivity contribution >= 4 is 38.6 Å². The first-order chi connectivity index (χ1) is 8.04. The first kappa shape index (κ1) is 11.5. The van der Waals surface area contributed by atoms with E-state index in [2.05, 4.69) is 21.0 Å². The summed E-state index contributed by atoms with van der Waals surface area (Å²) in [5.74, 6) is 0. The number of rotatable bonds is 2. The summed E-state index contributed by atoms with van der Waals surface area (Å²) in [7, 11) is 0. The number of non-ortho nitro benzene ring substituents is 1. The van der Waals surface area contributed by atoms with Crippen LogP contribution in [-0.4, -0.2) is 25.9 Å². The van der Waals surface area contributed by atoms with Gasteiger partial charge in [-0.15, -0.1) is 0 Å². The third-order valence-corrected chi connectivity index (χ3v) is 2.79. The number of alkyl halides is 1. The zero-order valence-electron chi connectivity index (χ0n) is 8.33. The van der Waals surface area contributed by atoms with E-state index in [9.17, 15) is 14.9 Å². The van der Waals surface area contributed by atoms with E-state index in [1.807, 2.05) is 0 Å². The van der Waals surface area contributed by atoms with E-state index in [1.54, 1.807) is 0 Å². The Morgan fingerprint density at radius 1 is 1.59 bits per heavy atom. The van der Waals surface area contributed by atoms with Crippen molar-refractivity contribution in [2.24, 2.45) is 0 Å². The molecule has 1 aromatic heterocycles. The highest BCUT2D eigenvalue weighted by Gasteiger charge is 2.17. The van der Waals surface area contributed by atoms with E-state index in [-0.39, 0.29) is 11.2 Å². The minimum Gasteiger partial charge on any atom is -0.463 e. The SMILES string of the molecule is O=C(O)n1nc(CBr)c2ccc([N+](=O)[O-])cc21. The van der Waals surface area contributed by atoms with Crippen LogP contribution in [0.2, 0.25) is 0 Å². The van der Waals surface area contributed by atoms with Gasteiger partial charge in [-0.25, -0.2) is 4.79 Å². The lowest BCUT2D eigenvalue weighted by molar-refractivity contribution is -0.384. The highest BCUT2D eigenvalue weighted by Crippen LogP contribution is 2.24. The van der Waals surface area contributed by atoms with Crippen LogP contribution < -0.4 is 0 Å². The summed E-state index contributed by atoms with van der Waals surface area (Å²) in [5, 5.41) is 24.4. The Hall–Kier alpha value is -1.96. The van der Waals surface area contributed by atoms with Gasteiger partial charge in [0.25, 0.3) is 5.69 Å². The second kappa shape index (κ2) is 4.13. The van der Waals surface area contributed by atoms with Crippen LogP contribution in [0.1, 0.15) is 5.69 Å². The molecular formula is C9H6BrN3O4. The van der Waals surface area contributed by atoms with Gasteiger partial charge in [-0.05, 0) is 6.07 Å². The maximum absolute atomic E-state index is 10.9. The smallest absolute Gasteiger partial charge is 0.432 e. The summed E-state index contributed by atoms with van der Waals surface area (Å²) in [6.45, 7) is 0. The number of nitrogens with zero attached hydrogens (tertiary/aromatic N) is 3. The van der Waals surface area contributed by atoms with E-state index in [1.165, 1.54) is 18.2 Å². The van der Waals surface area contributed by atoms with Gasteiger partial charge in [0.2, 0.25) is 0 Å². The van der Waals surface area contributed by atoms with Crippen molar-refractivity contribution in [2.75, 3.05) is 0 Å². The Labute approximate surface area is 103 Å². The number of aromatic nitrogens is 2. The fourth-order valence-corrected chi connectivity index (χ4v) is 1.94. The number of carbonyl (C=O) groups is 1. The minimum atomic E-state index is -1.28. The maximum Gasteiger partial charge on any atom is 0.432 e. The molecule has 0 atom stereocenters. The third-order valence-electron chi connectivity index (χ3n) is 2.26. The fraction of sp³-hybridized carbons (Fsp3) is 0.111. The number of halogens is 1. The van der Waals surface area contributed by atoms with Crippen LogP contribution in [0.5, 0.6) is 0 Å². The molecular weight excluding hydrogens is 294 g/mol. The molecule has 1 aromatic carbocycles. The lowest BCUT2D eigenvalue weighted by atomic mass is 10.2. The van der Waals surface area contributed by atoms with Crippen LogP contribution in [0.3, 0.4) is 0 Å². The standard InChI is InChI=1S/C9H6BrN3O4/c10-4-7-6-2-1-5(13(16)17)3-8(6)12(11-7)9(14)15/h1-3H,4H2,(H,14,15). The molecule has 1 N–H and O–H groups in total. The zero-order valence-corrected chi connectivity index (χ0v) is 9.92. The van der Waals surface area contributed by atoms with Crippen molar-refractivity contribution < 1.29 is 14.8 Å². The van der Waals surface area contributed by atoms with Gasteiger partial charge in [0, 0.05) is 22.8 Å². The zero-order chi connectivity index (χ0) is 12.6. The van der Waals surface area contributed by atoms with Crippen molar-refractivity contribution in [3.63, 3.8) is 0 Å². The molecule has 17 heavy (non-hydrogen) atoms. The lowest BCUT2D eigenvalue weighted by Gasteiger charge is -1.95. The average Bonchev–Trinajstić information content (AvgIpc) is 2.66. The molecule has 0 fully saturated rings. The molecule has 0 saturated carbocycles. The average molecular weight is 300 g/mol. The molecule has 2 aromatic rings. The quantitative estimate of drug-likeness (QED) is 0.521. The highest BCUT2D eigenvalue weighted by atomic mass is 79.9. The Morgan fingerprint density at radius 2 is 2.29 bits per heavy atom. The second-order valence-electron chi connectivity index (χ2n) is 3.23. The van der Waals surface area contributed by atoms with E-state index in [4.69, 9.17) is 5.11 Å². The van der Waals surface area contributed by atoms with Crippen molar-refractivity contribution in [3.05, 3.63) is 34.0 Å². The van der Waals surface area contributed by atoms with Gasteiger partial charge in [-0.3, -0.25) is 10.1 Å². The van der Waals surface area contributed by atoms with E-state index in [0.29, 0.717) is 16.4 Å². The van der Waals surface area contributed by atoms with E-state index >= 15 is 0 Å². The van der Waals surface area contributed by atoms with Crippen LogP contribution in [0, 0.1) is 10.1 Å². The van der Waals surface area contributed by atoms with Gasteiger partial charge in [-0.2, -0.15) is 9.78 Å². The summed E-state index contributed by atoms with van der Waals surface area (Å²) in [4.78, 5) is 21.0. The normalized spacial score (nSPS) is 10.6. The summed E-state index contributed by atoms with van der Waals surface area (Å²) in [5.41, 5.74) is 0.569. The molecule has 0 amide bonds. The second-order valence-corrected chi connectivity index (χ2v) is 3.79.